The molecule has 0 saturated heterocycles. The number of aryl methyl sites for hydroxylation is 1. The van der Waals surface area contributed by atoms with Crippen molar-refractivity contribution in [2.24, 2.45) is 0 Å². The summed E-state index contributed by atoms with van der Waals surface area (Å²) in [7, 11) is 0. The van der Waals surface area contributed by atoms with E-state index in [2.05, 4.69) is 31.8 Å². The molecule has 0 aliphatic carbocycles. The Bertz CT molecular complexity index is 404. The van der Waals surface area contributed by atoms with Crippen LogP contribution in [0.4, 0.5) is 0 Å². The Balaban J connectivity index is 1.82. The smallest absolute Gasteiger partial charge is 0.0948 e. The van der Waals surface area contributed by atoms with Crippen molar-refractivity contribution in [1.29, 1.82) is 0 Å². The van der Waals surface area contributed by atoms with Crippen LogP contribution in [-0.4, -0.2) is 19.5 Å². The van der Waals surface area contributed by atoms with Crippen LogP contribution in [0.15, 0.2) is 25.0 Å². The SMILES string of the molecule is CCCn1cncc1CNCc1cnc[nH]1. The molecule has 0 aliphatic heterocycles. The number of hydrogen-bond acceptors (Lipinski definition) is 3. The highest BCUT2D eigenvalue weighted by atomic mass is 15.1. The van der Waals surface area contributed by atoms with E-state index >= 15 is 0 Å². The monoisotopic (exact) mass is 219 g/mol. The molecular formula is C11H17N5. The van der Waals surface area contributed by atoms with E-state index in [-0.39, 0.29) is 0 Å². The molecule has 0 bridgehead atoms. The number of aromatic nitrogens is 4. The van der Waals surface area contributed by atoms with E-state index in [1.54, 1.807) is 6.33 Å². The van der Waals surface area contributed by atoms with E-state index in [1.807, 2.05) is 18.7 Å². The zero-order valence-electron chi connectivity index (χ0n) is 9.48. The summed E-state index contributed by atoms with van der Waals surface area (Å²) in [4.78, 5) is 11.2. The van der Waals surface area contributed by atoms with Gasteiger partial charge < -0.3 is 14.9 Å². The maximum Gasteiger partial charge on any atom is 0.0948 e. The highest BCUT2D eigenvalue weighted by molar-refractivity contribution is 4.99. The normalized spacial score (nSPS) is 10.8. The molecule has 0 atom stereocenters. The fourth-order valence-corrected chi connectivity index (χ4v) is 1.64. The predicted octanol–water partition coefficient (Wildman–Crippen LogP) is 1.31. The number of nitrogens with zero attached hydrogens (tertiary/aromatic N) is 3. The van der Waals surface area contributed by atoms with Crippen molar-refractivity contribution in [3.05, 3.63) is 36.4 Å². The zero-order chi connectivity index (χ0) is 11.2. The highest BCUT2D eigenvalue weighted by Crippen LogP contribution is 2.01. The molecule has 16 heavy (non-hydrogen) atoms. The lowest BCUT2D eigenvalue weighted by atomic mass is 10.4. The fourth-order valence-electron chi connectivity index (χ4n) is 1.64. The van der Waals surface area contributed by atoms with E-state index in [0.717, 1.165) is 31.7 Å². The Labute approximate surface area is 94.9 Å². The Morgan fingerprint density at radius 1 is 1.31 bits per heavy atom. The van der Waals surface area contributed by atoms with Crippen molar-refractivity contribution in [3.63, 3.8) is 0 Å². The van der Waals surface area contributed by atoms with Crippen LogP contribution in [0.2, 0.25) is 0 Å². The zero-order valence-corrected chi connectivity index (χ0v) is 9.48. The van der Waals surface area contributed by atoms with Gasteiger partial charge >= 0.3 is 0 Å². The molecule has 0 radical (unpaired) electrons. The van der Waals surface area contributed by atoms with Gasteiger partial charge in [0.05, 0.1) is 18.3 Å². The minimum Gasteiger partial charge on any atom is -0.347 e. The molecule has 5 nitrogen and oxygen atoms in total. The molecule has 0 aliphatic rings. The van der Waals surface area contributed by atoms with Crippen LogP contribution in [0.1, 0.15) is 24.7 Å². The molecule has 2 rings (SSSR count). The topological polar surface area (TPSA) is 58.5 Å². The molecule has 2 heterocycles. The van der Waals surface area contributed by atoms with E-state index in [0.29, 0.717) is 0 Å². The lowest BCUT2D eigenvalue weighted by Crippen LogP contribution is -2.15. The second kappa shape index (κ2) is 5.46. The molecular weight excluding hydrogens is 202 g/mol. The quantitative estimate of drug-likeness (QED) is 0.770. The van der Waals surface area contributed by atoms with Crippen molar-refractivity contribution in [2.75, 3.05) is 0 Å². The van der Waals surface area contributed by atoms with Crippen molar-refractivity contribution in [2.45, 2.75) is 33.0 Å². The summed E-state index contributed by atoms with van der Waals surface area (Å²) < 4.78 is 2.18. The number of rotatable bonds is 6. The minimum absolute atomic E-state index is 0.803. The van der Waals surface area contributed by atoms with E-state index in [9.17, 15) is 0 Å². The molecule has 5 heteroatoms. The average Bonchev–Trinajstić information content (AvgIpc) is 2.91. The van der Waals surface area contributed by atoms with Gasteiger partial charge in [-0.25, -0.2) is 9.97 Å². The Hall–Kier alpha value is -1.62. The van der Waals surface area contributed by atoms with Gasteiger partial charge in [-0.15, -0.1) is 0 Å². The molecule has 2 N–H and O–H groups in total. The van der Waals surface area contributed by atoms with Crippen molar-refractivity contribution >= 4 is 0 Å². The van der Waals surface area contributed by atoms with Crippen LogP contribution < -0.4 is 5.32 Å². The summed E-state index contributed by atoms with van der Waals surface area (Å²) in [5.74, 6) is 0. The molecule has 0 aromatic carbocycles. The number of hydrogen-bond donors (Lipinski definition) is 2. The lowest BCUT2D eigenvalue weighted by molar-refractivity contribution is 0.598. The second-order valence-electron chi connectivity index (χ2n) is 3.76. The summed E-state index contributed by atoms with van der Waals surface area (Å²) in [6.45, 7) is 4.83. The van der Waals surface area contributed by atoms with Crippen LogP contribution in [0, 0.1) is 0 Å². The minimum atomic E-state index is 0.803. The summed E-state index contributed by atoms with van der Waals surface area (Å²) in [6.07, 6.45) is 8.45. The van der Waals surface area contributed by atoms with E-state index < -0.39 is 0 Å². The third kappa shape index (κ3) is 2.70. The third-order valence-electron chi connectivity index (χ3n) is 2.44. The molecule has 0 fully saturated rings. The molecule has 0 unspecified atom stereocenters. The molecule has 0 amide bonds. The predicted molar refractivity (Wildman–Crippen MR) is 61.6 cm³/mol. The van der Waals surface area contributed by atoms with Gasteiger partial charge in [-0.05, 0) is 6.42 Å². The molecule has 2 aromatic heterocycles. The summed E-state index contributed by atoms with van der Waals surface area (Å²) in [5, 5.41) is 3.36. The summed E-state index contributed by atoms with van der Waals surface area (Å²) in [5.41, 5.74) is 2.32. The number of H-pyrrole nitrogens is 1. The number of nitrogens with one attached hydrogen (secondary N) is 2. The first kappa shape index (κ1) is 10.9. The summed E-state index contributed by atoms with van der Waals surface area (Å²) in [6, 6.07) is 0. The summed E-state index contributed by atoms with van der Waals surface area (Å²) >= 11 is 0. The lowest BCUT2D eigenvalue weighted by Gasteiger charge is -2.07. The van der Waals surface area contributed by atoms with Crippen molar-refractivity contribution < 1.29 is 0 Å². The molecule has 2 aromatic rings. The maximum absolute atomic E-state index is 4.16. The van der Waals surface area contributed by atoms with Crippen LogP contribution in [-0.2, 0) is 19.6 Å². The molecule has 0 saturated carbocycles. The maximum atomic E-state index is 4.16. The van der Waals surface area contributed by atoms with Gasteiger partial charge in [0, 0.05) is 37.7 Å². The molecule has 86 valence electrons. The Morgan fingerprint density at radius 2 is 2.25 bits per heavy atom. The van der Waals surface area contributed by atoms with Gasteiger partial charge in [-0.3, -0.25) is 0 Å². The van der Waals surface area contributed by atoms with Gasteiger partial charge in [0.2, 0.25) is 0 Å². The number of imidazole rings is 2. The van der Waals surface area contributed by atoms with Gasteiger partial charge in [0.1, 0.15) is 0 Å². The van der Waals surface area contributed by atoms with E-state index in [4.69, 9.17) is 0 Å². The third-order valence-corrected chi connectivity index (χ3v) is 2.44. The largest absolute Gasteiger partial charge is 0.347 e. The first-order chi connectivity index (χ1) is 7.90. The molecule has 0 spiro atoms. The van der Waals surface area contributed by atoms with Gasteiger partial charge in [-0.2, -0.15) is 0 Å². The fraction of sp³-hybridized carbons (Fsp3) is 0.455. The van der Waals surface area contributed by atoms with Crippen LogP contribution in [0.3, 0.4) is 0 Å². The first-order valence-corrected chi connectivity index (χ1v) is 5.57. The van der Waals surface area contributed by atoms with Gasteiger partial charge in [0.15, 0.2) is 0 Å². The first-order valence-electron chi connectivity index (χ1n) is 5.57. The second-order valence-corrected chi connectivity index (χ2v) is 3.76. The highest BCUT2D eigenvalue weighted by Gasteiger charge is 2.00. The van der Waals surface area contributed by atoms with Crippen molar-refractivity contribution in [1.82, 2.24) is 24.8 Å². The Morgan fingerprint density at radius 3 is 3.00 bits per heavy atom. The standard InChI is InChI=1S/C11H17N5/c1-2-3-16-9-14-7-11(16)6-12-4-10-5-13-8-15-10/h5,7-9,12H,2-4,6H2,1H3,(H,13,15). The van der Waals surface area contributed by atoms with Crippen LogP contribution in [0.25, 0.3) is 0 Å². The van der Waals surface area contributed by atoms with Crippen molar-refractivity contribution in [3.8, 4) is 0 Å². The van der Waals surface area contributed by atoms with Gasteiger partial charge in [-0.1, -0.05) is 6.92 Å². The number of aromatic amines is 1. The van der Waals surface area contributed by atoms with Gasteiger partial charge in [0.25, 0.3) is 0 Å². The van der Waals surface area contributed by atoms with E-state index in [1.165, 1.54) is 5.69 Å². The Kier molecular flexibility index (Phi) is 3.71. The van der Waals surface area contributed by atoms with Crippen LogP contribution in [0.5, 0.6) is 0 Å². The average molecular weight is 219 g/mol. The van der Waals surface area contributed by atoms with Crippen LogP contribution >= 0.6 is 0 Å².